The van der Waals surface area contributed by atoms with Gasteiger partial charge in [-0.2, -0.15) is 0 Å². The van der Waals surface area contributed by atoms with Gasteiger partial charge in [-0.05, 0) is 62.5 Å². The van der Waals surface area contributed by atoms with E-state index in [4.69, 9.17) is 4.74 Å². The van der Waals surface area contributed by atoms with E-state index in [1.165, 1.54) is 30.5 Å². The van der Waals surface area contributed by atoms with Gasteiger partial charge in [-0.3, -0.25) is 4.79 Å². The van der Waals surface area contributed by atoms with Crippen LogP contribution in [0.25, 0.3) is 0 Å². The number of nitrogens with zero attached hydrogens (tertiary/aromatic N) is 1. The Labute approximate surface area is 173 Å². The zero-order valence-electron chi connectivity index (χ0n) is 17.5. The Balaban J connectivity index is 1.16. The summed E-state index contributed by atoms with van der Waals surface area (Å²) < 4.78 is 6.35. The van der Waals surface area contributed by atoms with Crippen molar-refractivity contribution in [3.63, 3.8) is 0 Å². The summed E-state index contributed by atoms with van der Waals surface area (Å²) in [5.41, 5.74) is 1.39. The second kappa shape index (κ2) is 7.36. The number of ether oxygens (including phenoxy) is 1. The Morgan fingerprint density at radius 1 is 1.21 bits per heavy atom. The van der Waals surface area contributed by atoms with Crippen LogP contribution >= 0.6 is 0 Å². The molecule has 2 aliphatic carbocycles. The van der Waals surface area contributed by atoms with Crippen LogP contribution in [0.1, 0.15) is 50.2 Å². The molecule has 1 saturated carbocycles. The zero-order chi connectivity index (χ0) is 20.1. The molecule has 3 fully saturated rings. The lowest BCUT2D eigenvalue weighted by atomic mass is 9.75. The number of fused-ring (bicyclic) bond motifs is 1. The fourth-order valence-corrected chi connectivity index (χ4v) is 5.63. The molecule has 1 aromatic rings. The molecule has 2 aliphatic heterocycles. The molecule has 29 heavy (non-hydrogen) atoms. The Morgan fingerprint density at radius 3 is 2.45 bits per heavy atom. The smallest absolute Gasteiger partial charge is 0.224 e. The summed E-state index contributed by atoms with van der Waals surface area (Å²) in [5, 5.41) is 14.4. The van der Waals surface area contributed by atoms with Gasteiger partial charge in [0.05, 0.1) is 23.9 Å². The van der Waals surface area contributed by atoms with Gasteiger partial charge in [0.15, 0.2) is 0 Å². The molecule has 1 spiro atoms. The van der Waals surface area contributed by atoms with Crippen LogP contribution in [0.4, 0.5) is 0 Å². The number of likely N-dealkylation sites (tertiary alicyclic amines) is 1. The average Bonchev–Trinajstić information content (AvgIpc) is 3.40. The SMILES string of the molecule is C[C@]1(O)CC2(CCN(CC3CC3)CC2)OC[C@@H]1NC(=O)C1Cc2ccccc2C1. The first-order valence-corrected chi connectivity index (χ1v) is 11.4. The van der Waals surface area contributed by atoms with Crippen molar-refractivity contribution in [2.24, 2.45) is 11.8 Å². The van der Waals surface area contributed by atoms with E-state index in [1.807, 2.05) is 19.1 Å². The number of nitrogens with one attached hydrogen (secondary N) is 1. The van der Waals surface area contributed by atoms with Crippen LogP contribution in [0.3, 0.4) is 0 Å². The second-order valence-corrected chi connectivity index (χ2v) is 10.2. The first-order chi connectivity index (χ1) is 13.9. The number of hydrogen-bond acceptors (Lipinski definition) is 4. The van der Waals surface area contributed by atoms with Crippen molar-refractivity contribution in [2.45, 2.75) is 69.1 Å². The highest BCUT2D eigenvalue weighted by atomic mass is 16.5. The molecule has 4 aliphatic rings. The van der Waals surface area contributed by atoms with Crippen LogP contribution < -0.4 is 5.32 Å². The van der Waals surface area contributed by atoms with Gasteiger partial charge in [-0.1, -0.05) is 24.3 Å². The van der Waals surface area contributed by atoms with E-state index in [0.29, 0.717) is 13.0 Å². The maximum atomic E-state index is 12.9. The second-order valence-electron chi connectivity index (χ2n) is 10.2. The Kier molecular flexibility index (Phi) is 4.96. The summed E-state index contributed by atoms with van der Waals surface area (Å²) >= 11 is 0. The normalized spacial score (nSPS) is 32.3. The van der Waals surface area contributed by atoms with E-state index in [1.54, 1.807) is 0 Å². The maximum Gasteiger partial charge on any atom is 0.224 e. The molecule has 0 aromatic heterocycles. The van der Waals surface area contributed by atoms with E-state index in [9.17, 15) is 9.90 Å². The van der Waals surface area contributed by atoms with Gasteiger partial charge in [-0.15, -0.1) is 0 Å². The molecule has 5 nitrogen and oxygen atoms in total. The molecule has 2 heterocycles. The lowest BCUT2D eigenvalue weighted by molar-refractivity contribution is -0.189. The number of carbonyl (C=O) groups is 1. The fourth-order valence-electron chi connectivity index (χ4n) is 5.63. The Morgan fingerprint density at radius 2 is 1.86 bits per heavy atom. The van der Waals surface area contributed by atoms with Crippen LogP contribution in [0, 0.1) is 11.8 Å². The minimum atomic E-state index is -0.933. The number of benzene rings is 1. The van der Waals surface area contributed by atoms with Crippen LogP contribution in [0.5, 0.6) is 0 Å². The highest BCUT2D eigenvalue weighted by Crippen LogP contribution is 2.41. The van der Waals surface area contributed by atoms with E-state index >= 15 is 0 Å². The molecule has 2 N–H and O–H groups in total. The summed E-state index contributed by atoms with van der Waals surface area (Å²) in [5.74, 6) is 0.927. The maximum absolute atomic E-state index is 12.9. The Hall–Kier alpha value is -1.43. The predicted octanol–water partition coefficient (Wildman–Crippen LogP) is 2.30. The van der Waals surface area contributed by atoms with Gasteiger partial charge in [0, 0.05) is 32.0 Å². The predicted molar refractivity (Wildman–Crippen MR) is 112 cm³/mol. The molecule has 5 rings (SSSR count). The molecule has 2 saturated heterocycles. The lowest BCUT2D eigenvalue weighted by Crippen LogP contribution is -2.64. The van der Waals surface area contributed by atoms with E-state index < -0.39 is 5.60 Å². The van der Waals surface area contributed by atoms with Crippen molar-refractivity contribution < 1.29 is 14.6 Å². The quantitative estimate of drug-likeness (QED) is 0.817. The highest BCUT2D eigenvalue weighted by molar-refractivity contribution is 5.80. The highest BCUT2D eigenvalue weighted by Gasteiger charge is 2.50. The summed E-state index contributed by atoms with van der Waals surface area (Å²) in [6.07, 6.45) is 6.92. The summed E-state index contributed by atoms with van der Waals surface area (Å²) in [6.45, 7) is 5.63. The first-order valence-electron chi connectivity index (χ1n) is 11.4. The van der Waals surface area contributed by atoms with Crippen LogP contribution in [-0.2, 0) is 22.4 Å². The van der Waals surface area contributed by atoms with Gasteiger partial charge >= 0.3 is 0 Å². The topological polar surface area (TPSA) is 61.8 Å². The number of carbonyl (C=O) groups excluding carboxylic acids is 1. The van der Waals surface area contributed by atoms with Crippen LogP contribution in [-0.4, -0.2) is 59.4 Å². The van der Waals surface area contributed by atoms with Crippen molar-refractivity contribution in [1.82, 2.24) is 10.2 Å². The summed E-state index contributed by atoms with van der Waals surface area (Å²) in [7, 11) is 0. The molecular formula is C24H34N2O3. The lowest BCUT2D eigenvalue weighted by Gasteiger charge is -2.51. The van der Waals surface area contributed by atoms with E-state index in [0.717, 1.165) is 44.7 Å². The van der Waals surface area contributed by atoms with Crippen molar-refractivity contribution in [2.75, 3.05) is 26.2 Å². The van der Waals surface area contributed by atoms with Crippen molar-refractivity contribution in [3.8, 4) is 0 Å². The van der Waals surface area contributed by atoms with E-state index in [-0.39, 0.29) is 23.5 Å². The third-order valence-corrected chi connectivity index (χ3v) is 7.71. The largest absolute Gasteiger partial charge is 0.388 e. The van der Waals surface area contributed by atoms with Gasteiger partial charge in [0.2, 0.25) is 5.91 Å². The standard InChI is InChI=1S/C24H34N2O3/c1-23(28)16-24(8-10-26(11-9-24)14-17-6-7-17)29-15-21(23)25-22(27)20-12-18-4-2-3-5-19(18)13-20/h2-5,17,20-21,28H,6-16H2,1H3,(H,25,27)/t21-,23-/m0/s1. The fraction of sp³-hybridized carbons (Fsp3) is 0.708. The molecule has 0 radical (unpaired) electrons. The van der Waals surface area contributed by atoms with Crippen molar-refractivity contribution >= 4 is 5.91 Å². The molecule has 1 aromatic carbocycles. The monoisotopic (exact) mass is 398 g/mol. The number of hydrogen-bond donors (Lipinski definition) is 2. The first kappa shape index (κ1) is 19.5. The van der Waals surface area contributed by atoms with Crippen LogP contribution in [0.2, 0.25) is 0 Å². The minimum absolute atomic E-state index is 0.0373. The van der Waals surface area contributed by atoms with Crippen molar-refractivity contribution in [1.29, 1.82) is 0 Å². The molecule has 158 valence electrons. The van der Waals surface area contributed by atoms with Gasteiger partial charge < -0.3 is 20.1 Å². The summed E-state index contributed by atoms with van der Waals surface area (Å²) in [4.78, 5) is 15.5. The molecule has 2 atom stereocenters. The van der Waals surface area contributed by atoms with Crippen LogP contribution in [0.15, 0.2) is 24.3 Å². The minimum Gasteiger partial charge on any atom is -0.388 e. The number of piperidine rings is 1. The molecular weight excluding hydrogens is 364 g/mol. The number of rotatable bonds is 4. The third-order valence-electron chi connectivity index (χ3n) is 7.71. The Bertz CT molecular complexity index is 740. The van der Waals surface area contributed by atoms with Gasteiger partial charge in [-0.25, -0.2) is 0 Å². The van der Waals surface area contributed by atoms with E-state index in [2.05, 4.69) is 22.3 Å². The third kappa shape index (κ3) is 4.10. The number of amides is 1. The molecule has 1 amide bonds. The van der Waals surface area contributed by atoms with Gasteiger partial charge in [0.25, 0.3) is 0 Å². The zero-order valence-corrected chi connectivity index (χ0v) is 17.5. The average molecular weight is 399 g/mol. The van der Waals surface area contributed by atoms with Crippen molar-refractivity contribution in [3.05, 3.63) is 35.4 Å². The summed E-state index contributed by atoms with van der Waals surface area (Å²) in [6, 6.07) is 7.96. The van der Waals surface area contributed by atoms with Gasteiger partial charge in [0.1, 0.15) is 0 Å². The molecule has 0 bridgehead atoms. The molecule has 0 unspecified atom stereocenters. The number of aliphatic hydroxyl groups is 1. The molecule has 5 heteroatoms.